The second-order valence-electron chi connectivity index (χ2n) is 9.53. The maximum Gasteiger partial charge on any atom is 0.395 e. The summed E-state index contributed by atoms with van der Waals surface area (Å²) in [6.07, 6.45) is -3.21. The number of nitrogens with two attached hydrogens (primary N) is 1. The summed E-state index contributed by atoms with van der Waals surface area (Å²) in [7, 11) is 3.50. The van der Waals surface area contributed by atoms with E-state index in [0.29, 0.717) is 16.8 Å². The fourth-order valence-electron chi connectivity index (χ4n) is 4.40. The molecule has 3 rings (SSSR count). The Morgan fingerprint density at radius 1 is 1.22 bits per heavy atom. The Hall–Kier alpha value is -2.72. The number of aromatic nitrogens is 1. The summed E-state index contributed by atoms with van der Waals surface area (Å²) in [6.45, 7) is 1.84. The molecule has 1 saturated carbocycles. The molecule has 1 aliphatic carbocycles. The highest BCUT2D eigenvalue weighted by atomic mass is 35.5. The van der Waals surface area contributed by atoms with Gasteiger partial charge in [0, 0.05) is 36.8 Å². The van der Waals surface area contributed by atoms with Crippen LogP contribution in [0.15, 0.2) is 30.5 Å². The molecule has 1 aromatic carbocycles. The van der Waals surface area contributed by atoms with Crippen LogP contribution in [0.5, 0.6) is 0 Å². The molecular formula is C25H29ClF4N4O2. The summed E-state index contributed by atoms with van der Waals surface area (Å²) in [5, 5.41) is 2.49. The largest absolute Gasteiger partial charge is 0.395 e. The molecule has 2 unspecified atom stereocenters. The molecule has 1 fully saturated rings. The normalized spacial score (nSPS) is 16.5. The first-order valence-electron chi connectivity index (χ1n) is 11.5. The van der Waals surface area contributed by atoms with Crippen LogP contribution in [0.1, 0.15) is 52.4 Å². The molecule has 196 valence electrons. The topological polar surface area (TPSA) is 88.3 Å². The third kappa shape index (κ3) is 5.98. The van der Waals surface area contributed by atoms with Crippen LogP contribution in [0, 0.1) is 18.2 Å². The summed E-state index contributed by atoms with van der Waals surface area (Å²) in [5.41, 5.74) is 4.35. The van der Waals surface area contributed by atoms with Crippen molar-refractivity contribution in [2.24, 2.45) is 11.1 Å². The predicted octanol–water partition coefficient (Wildman–Crippen LogP) is 4.39. The molecule has 2 amide bonds. The van der Waals surface area contributed by atoms with Crippen molar-refractivity contribution in [2.45, 2.75) is 50.7 Å². The summed E-state index contributed by atoms with van der Waals surface area (Å²) < 4.78 is 56.2. The number of amides is 2. The molecule has 2 aromatic rings. The number of nitrogens with one attached hydrogen (secondary N) is 1. The Kier molecular flexibility index (Phi) is 8.30. The van der Waals surface area contributed by atoms with Gasteiger partial charge in [-0.3, -0.25) is 14.6 Å². The van der Waals surface area contributed by atoms with Gasteiger partial charge >= 0.3 is 6.18 Å². The fraction of sp³-hybridized carbons (Fsp3) is 0.480. The van der Waals surface area contributed by atoms with Gasteiger partial charge in [0.05, 0.1) is 16.0 Å². The van der Waals surface area contributed by atoms with Gasteiger partial charge in [-0.1, -0.05) is 23.7 Å². The quantitative estimate of drug-likeness (QED) is 0.448. The summed E-state index contributed by atoms with van der Waals surface area (Å²) >= 11 is 6.10. The van der Waals surface area contributed by atoms with E-state index < -0.39 is 35.1 Å². The summed E-state index contributed by atoms with van der Waals surface area (Å²) in [4.78, 5) is 30.1. The molecule has 2 atom stereocenters. The lowest BCUT2D eigenvalue weighted by atomic mass is 9.80. The molecule has 0 radical (unpaired) electrons. The molecule has 0 spiro atoms. The molecule has 0 bridgehead atoms. The minimum absolute atomic E-state index is 0.0337. The number of alkyl halides is 3. The Balaban J connectivity index is 1.73. The highest BCUT2D eigenvalue weighted by Gasteiger charge is 2.67. The highest BCUT2D eigenvalue weighted by molar-refractivity contribution is 6.32. The summed E-state index contributed by atoms with van der Waals surface area (Å²) in [6, 6.07) is 5.63. The minimum atomic E-state index is -4.44. The first-order valence-corrected chi connectivity index (χ1v) is 11.8. The second kappa shape index (κ2) is 10.7. The predicted molar refractivity (Wildman–Crippen MR) is 128 cm³/mol. The van der Waals surface area contributed by atoms with Crippen LogP contribution >= 0.6 is 11.6 Å². The SMILES string of the molecule is Cc1ccc(C(CC(=O)NCC(Cc2ccc(C(N)=O)c(F)c2Cl)N(C)C)C2(C(F)(F)F)CC2)cn1. The van der Waals surface area contributed by atoms with Crippen molar-refractivity contribution in [3.8, 4) is 0 Å². The van der Waals surface area contributed by atoms with Gasteiger partial charge in [0.25, 0.3) is 5.91 Å². The van der Waals surface area contributed by atoms with E-state index >= 15 is 0 Å². The molecule has 1 aromatic heterocycles. The van der Waals surface area contributed by atoms with Crippen molar-refractivity contribution in [1.29, 1.82) is 0 Å². The average Bonchev–Trinajstić information content (AvgIpc) is 3.60. The maximum absolute atomic E-state index is 14.4. The second-order valence-corrected chi connectivity index (χ2v) is 9.91. The molecule has 0 aliphatic heterocycles. The van der Waals surface area contributed by atoms with E-state index in [0.717, 1.165) is 0 Å². The standard InChI is InChI=1S/C25H29ClF4N4O2/c1-14-4-5-16(12-32-14)19(24(8-9-24)25(28,29)30)11-20(35)33-13-17(34(2)3)10-15-6-7-18(23(31)36)22(27)21(15)26/h4-7,12,17,19H,8-11,13H2,1-3H3,(H2,31,36)(H,33,35). The Bertz CT molecular complexity index is 1120. The van der Waals surface area contributed by atoms with Gasteiger partial charge in [-0.05, 0) is 63.5 Å². The van der Waals surface area contributed by atoms with Crippen molar-refractivity contribution in [2.75, 3.05) is 20.6 Å². The van der Waals surface area contributed by atoms with Gasteiger partial charge in [0.15, 0.2) is 5.82 Å². The van der Waals surface area contributed by atoms with Crippen molar-refractivity contribution in [3.63, 3.8) is 0 Å². The number of likely N-dealkylation sites (N-methyl/N-ethyl adjacent to an activating group) is 1. The van der Waals surface area contributed by atoms with Crippen LogP contribution in [-0.2, 0) is 11.2 Å². The van der Waals surface area contributed by atoms with E-state index in [1.54, 1.807) is 38.1 Å². The van der Waals surface area contributed by atoms with Crippen molar-refractivity contribution in [3.05, 3.63) is 63.7 Å². The number of halogens is 5. The van der Waals surface area contributed by atoms with Crippen LogP contribution in [0.25, 0.3) is 0 Å². The Labute approximate surface area is 212 Å². The summed E-state index contributed by atoms with van der Waals surface area (Å²) in [5.74, 6) is -3.43. The molecule has 11 heteroatoms. The van der Waals surface area contributed by atoms with Crippen molar-refractivity contribution >= 4 is 23.4 Å². The molecule has 36 heavy (non-hydrogen) atoms. The van der Waals surface area contributed by atoms with E-state index in [4.69, 9.17) is 17.3 Å². The number of carbonyl (C=O) groups excluding carboxylic acids is 2. The number of primary amides is 1. The lowest BCUT2D eigenvalue weighted by molar-refractivity contribution is -0.194. The van der Waals surface area contributed by atoms with Gasteiger partial charge in [-0.25, -0.2) is 4.39 Å². The number of rotatable bonds is 10. The van der Waals surface area contributed by atoms with E-state index in [2.05, 4.69) is 10.3 Å². The number of nitrogens with zero attached hydrogens (tertiary/aromatic N) is 2. The highest BCUT2D eigenvalue weighted by Crippen LogP contribution is 2.66. The van der Waals surface area contributed by atoms with Gasteiger partial charge in [0.1, 0.15) is 0 Å². The number of pyridine rings is 1. The Morgan fingerprint density at radius 3 is 2.39 bits per heavy atom. The van der Waals surface area contributed by atoms with E-state index in [1.807, 2.05) is 0 Å². The molecule has 1 aliphatic rings. The van der Waals surface area contributed by atoms with Crippen LogP contribution in [0.4, 0.5) is 17.6 Å². The number of benzene rings is 1. The van der Waals surface area contributed by atoms with Crippen molar-refractivity contribution < 1.29 is 27.2 Å². The van der Waals surface area contributed by atoms with Gasteiger partial charge in [0.2, 0.25) is 5.91 Å². The van der Waals surface area contributed by atoms with Crippen LogP contribution in [0.3, 0.4) is 0 Å². The first-order chi connectivity index (χ1) is 16.8. The van der Waals surface area contributed by atoms with Crippen molar-refractivity contribution in [1.82, 2.24) is 15.2 Å². The van der Waals surface area contributed by atoms with Gasteiger partial charge in [-0.15, -0.1) is 0 Å². The van der Waals surface area contributed by atoms with E-state index in [1.165, 1.54) is 18.3 Å². The van der Waals surface area contributed by atoms with Crippen LogP contribution < -0.4 is 11.1 Å². The van der Waals surface area contributed by atoms with Gasteiger partial charge in [-0.2, -0.15) is 13.2 Å². The molecule has 6 nitrogen and oxygen atoms in total. The smallest absolute Gasteiger partial charge is 0.366 e. The zero-order chi connectivity index (χ0) is 26.8. The third-order valence-electron chi connectivity index (χ3n) is 6.89. The van der Waals surface area contributed by atoms with Crippen LogP contribution in [-0.4, -0.2) is 54.6 Å². The Morgan fingerprint density at radius 2 is 1.89 bits per heavy atom. The lowest BCUT2D eigenvalue weighted by Crippen LogP contribution is -2.43. The number of hydrogen-bond acceptors (Lipinski definition) is 4. The van der Waals surface area contributed by atoms with E-state index in [-0.39, 0.29) is 48.9 Å². The minimum Gasteiger partial charge on any atom is -0.366 e. The zero-order valence-corrected chi connectivity index (χ0v) is 21.0. The zero-order valence-electron chi connectivity index (χ0n) is 20.3. The van der Waals surface area contributed by atoms with Gasteiger partial charge < -0.3 is 16.0 Å². The van der Waals surface area contributed by atoms with Crippen LogP contribution in [0.2, 0.25) is 5.02 Å². The molecule has 1 heterocycles. The maximum atomic E-state index is 14.4. The molecule has 0 saturated heterocycles. The fourth-order valence-corrected chi connectivity index (χ4v) is 4.64. The number of carbonyl (C=O) groups is 2. The number of hydrogen-bond donors (Lipinski definition) is 2. The molecule has 3 N–H and O–H groups in total. The lowest BCUT2D eigenvalue weighted by Gasteiger charge is -2.30. The third-order valence-corrected chi connectivity index (χ3v) is 7.30. The van der Waals surface area contributed by atoms with E-state index in [9.17, 15) is 27.2 Å². The number of aryl methyl sites for hydroxylation is 1. The monoisotopic (exact) mass is 528 g/mol. The molecular weight excluding hydrogens is 500 g/mol. The first kappa shape index (κ1) is 27.9. The average molecular weight is 529 g/mol.